The largest absolute Gasteiger partial charge is 0.203 e. The van der Waals surface area contributed by atoms with Gasteiger partial charge in [0.05, 0.1) is 0 Å². The Kier molecular flexibility index (Phi) is 11.4. The lowest BCUT2D eigenvalue weighted by Crippen LogP contribution is -2.25. The maximum absolute atomic E-state index is 15.5. The van der Waals surface area contributed by atoms with E-state index in [0.29, 0.717) is 34.6 Å². The normalized spacial score (nSPS) is 22.2. The van der Waals surface area contributed by atoms with Crippen molar-refractivity contribution in [2.45, 2.75) is 109 Å². The number of hydrogen-bond acceptors (Lipinski definition) is 0. The molecule has 0 amide bonds. The van der Waals surface area contributed by atoms with Crippen molar-refractivity contribution in [2.24, 2.45) is 17.8 Å². The minimum absolute atomic E-state index is 0.0496. The van der Waals surface area contributed by atoms with Gasteiger partial charge in [-0.2, -0.15) is 0 Å². The average Bonchev–Trinajstić information content (AvgIpc) is 3.06. The first-order valence-electron chi connectivity index (χ1n) is 17.1. The first-order valence-corrected chi connectivity index (χ1v) is 17.1. The molecule has 2 fully saturated rings. The van der Waals surface area contributed by atoms with Gasteiger partial charge < -0.3 is 0 Å². The van der Waals surface area contributed by atoms with Crippen molar-refractivity contribution in [1.82, 2.24) is 0 Å². The lowest BCUT2D eigenvalue weighted by molar-refractivity contribution is 0.156. The molecule has 2 aliphatic carbocycles. The monoisotopic (exact) mass is 604 g/mol. The minimum Gasteiger partial charge on any atom is -0.203 e. The molecule has 0 aliphatic heterocycles. The van der Waals surface area contributed by atoms with Crippen molar-refractivity contribution in [2.75, 3.05) is 0 Å². The van der Waals surface area contributed by atoms with Crippen molar-refractivity contribution in [1.29, 1.82) is 0 Å². The summed E-state index contributed by atoms with van der Waals surface area (Å²) >= 11 is 0. The minimum atomic E-state index is -0.863. The van der Waals surface area contributed by atoms with E-state index < -0.39 is 23.3 Å². The van der Waals surface area contributed by atoms with Crippen LogP contribution in [0.4, 0.5) is 17.6 Å². The first-order chi connectivity index (χ1) is 21.4. The van der Waals surface area contributed by atoms with Crippen LogP contribution >= 0.6 is 0 Å². The van der Waals surface area contributed by atoms with Gasteiger partial charge in [0.25, 0.3) is 0 Å². The second-order valence-corrected chi connectivity index (χ2v) is 13.4. The summed E-state index contributed by atoms with van der Waals surface area (Å²) in [6.07, 6.45) is 18.2. The molecule has 0 nitrogen and oxygen atoms in total. The average molecular weight is 605 g/mol. The number of rotatable bonds is 12. The van der Waals surface area contributed by atoms with Crippen molar-refractivity contribution in [3.63, 3.8) is 0 Å². The zero-order valence-electron chi connectivity index (χ0n) is 26.3. The van der Waals surface area contributed by atoms with E-state index in [9.17, 15) is 8.78 Å². The van der Waals surface area contributed by atoms with Crippen LogP contribution in [0.5, 0.6) is 0 Å². The number of aryl methyl sites for hydroxylation is 1. The molecule has 0 saturated heterocycles. The van der Waals surface area contributed by atoms with Crippen molar-refractivity contribution in [3.8, 4) is 22.3 Å². The Morgan fingerprint density at radius 2 is 1.20 bits per heavy atom. The second kappa shape index (κ2) is 15.4. The van der Waals surface area contributed by atoms with Crippen LogP contribution in [0.2, 0.25) is 0 Å². The highest BCUT2D eigenvalue weighted by atomic mass is 19.2. The van der Waals surface area contributed by atoms with Crippen LogP contribution in [0.25, 0.3) is 22.3 Å². The van der Waals surface area contributed by atoms with Gasteiger partial charge >= 0.3 is 0 Å². The fourth-order valence-electron chi connectivity index (χ4n) is 7.88. The van der Waals surface area contributed by atoms with Crippen LogP contribution in [0.1, 0.15) is 114 Å². The van der Waals surface area contributed by atoms with Crippen LogP contribution in [-0.2, 0) is 6.42 Å². The Morgan fingerprint density at radius 3 is 1.80 bits per heavy atom. The summed E-state index contributed by atoms with van der Waals surface area (Å²) in [5.41, 5.74) is 2.26. The van der Waals surface area contributed by atoms with Gasteiger partial charge in [-0.3, -0.25) is 0 Å². The van der Waals surface area contributed by atoms with Gasteiger partial charge in [0.15, 0.2) is 23.3 Å². The molecule has 3 aromatic rings. The predicted molar refractivity (Wildman–Crippen MR) is 175 cm³/mol. The van der Waals surface area contributed by atoms with Crippen LogP contribution in [0.3, 0.4) is 0 Å². The SMILES string of the molecule is C=CCCC1CCC(C2CCC(c3ccc(-c4ccc(-c5ccc(CCCCCC)c(F)c5F)cc4)c(F)c3F)CC2)CC1. The topological polar surface area (TPSA) is 0 Å². The summed E-state index contributed by atoms with van der Waals surface area (Å²) in [7, 11) is 0. The molecule has 0 radical (unpaired) electrons. The van der Waals surface area contributed by atoms with E-state index in [-0.39, 0.29) is 17.0 Å². The second-order valence-electron chi connectivity index (χ2n) is 13.4. The van der Waals surface area contributed by atoms with Gasteiger partial charge in [0.2, 0.25) is 0 Å². The molecule has 236 valence electrons. The highest BCUT2D eigenvalue weighted by Crippen LogP contribution is 2.45. The molecule has 44 heavy (non-hydrogen) atoms. The number of halogens is 4. The maximum Gasteiger partial charge on any atom is 0.166 e. The van der Waals surface area contributed by atoms with Crippen molar-refractivity contribution in [3.05, 3.63) is 95.6 Å². The van der Waals surface area contributed by atoms with Crippen LogP contribution in [-0.4, -0.2) is 0 Å². The predicted octanol–water partition coefficient (Wildman–Crippen LogP) is 12.7. The highest BCUT2D eigenvalue weighted by Gasteiger charge is 2.32. The Bertz CT molecular complexity index is 1380. The Balaban J connectivity index is 1.21. The third kappa shape index (κ3) is 7.49. The smallest absolute Gasteiger partial charge is 0.166 e. The molecule has 0 atom stereocenters. The van der Waals surface area contributed by atoms with Crippen LogP contribution in [0, 0.1) is 41.0 Å². The molecule has 2 saturated carbocycles. The number of unbranched alkanes of at least 4 members (excludes halogenated alkanes) is 3. The number of hydrogen-bond donors (Lipinski definition) is 0. The van der Waals surface area contributed by atoms with E-state index in [1.165, 1.54) is 32.1 Å². The number of benzene rings is 3. The van der Waals surface area contributed by atoms with Crippen LogP contribution < -0.4 is 0 Å². The summed E-state index contributed by atoms with van der Waals surface area (Å²) in [6, 6.07) is 13.3. The standard InChI is InChI=1S/C40H48F4/c1-3-5-7-8-10-33-23-24-34(38(42)37(33)41)31-19-21-32(22-20-31)36-26-25-35(39(43)40(36)44)30-17-15-29(16-18-30)28-13-11-27(12-14-28)9-6-4-2/h4,19-30H,2-3,5-18H2,1H3. The van der Waals surface area contributed by atoms with E-state index >= 15 is 8.78 Å². The van der Waals surface area contributed by atoms with Gasteiger partial charge in [-0.1, -0.05) is 93.6 Å². The molecule has 2 aliphatic rings. The molecule has 0 aromatic heterocycles. The molecule has 0 bridgehead atoms. The van der Waals surface area contributed by atoms with Crippen LogP contribution in [0.15, 0.2) is 61.2 Å². The highest BCUT2D eigenvalue weighted by molar-refractivity contribution is 5.71. The molecule has 5 rings (SSSR count). The third-order valence-electron chi connectivity index (χ3n) is 10.6. The molecular formula is C40H48F4. The summed E-state index contributed by atoms with van der Waals surface area (Å²) in [5, 5.41) is 0. The molecular weight excluding hydrogens is 556 g/mol. The van der Waals surface area contributed by atoms with Crippen molar-refractivity contribution >= 4 is 0 Å². The molecule has 0 spiro atoms. The first kappa shape index (κ1) is 32.5. The van der Waals surface area contributed by atoms with E-state index in [1.807, 2.05) is 6.08 Å². The third-order valence-corrected chi connectivity index (χ3v) is 10.6. The van der Waals surface area contributed by atoms with Gasteiger partial charge in [0.1, 0.15) is 0 Å². The van der Waals surface area contributed by atoms with E-state index in [1.54, 1.807) is 48.5 Å². The van der Waals surface area contributed by atoms with E-state index in [4.69, 9.17) is 0 Å². The molecule has 0 heterocycles. The zero-order chi connectivity index (χ0) is 31.1. The maximum atomic E-state index is 15.5. The Labute approximate surface area is 262 Å². The summed E-state index contributed by atoms with van der Waals surface area (Å²) in [6.45, 7) is 5.97. The molecule has 0 unspecified atom stereocenters. The van der Waals surface area contributed by atoms with Gasteiger partial charge in [-0.25, -0.2) is 17.6 Å². The summed E-state index contributed by atoms with van der Waals surface area (Å²) in [5.74, 6) is -0.869. The fraction of sp³-hybridized carbons (Fsp3) is 0.500. The molecule has 4 heteroatoms. The lowest BCUT2D eigenvalue weighted by Gasteiger charge is -2.38. The van der Waals surface area contributed by atoms with Crippen molar-refractivity contribution < 1.29 is 17.6 Å². The van der Waals surface area contributed by atoms with Gasteiger partial charge in [0, 0.05) is 11.1 Å². The molecule has 3 aromatic carbocycles. The zero-order valence-corrected chi connectivity index (χ0v) is 26.3. The summed E-state index contributed by atoms with van der Waals surface area (Å²) < 4.78 is 60.7. The Hall–Kier alpha value is -2.88. The lowest BCUT2D eigenvalue weighted by atomic mass is 9.68. The van der Waals surface area contributed by atoms with E-state index in [2.05, 4.69) is 13.5 Å². The van der Waals surface area contributed by atoms with Gasteiger partial charge in [-0.05, 0) is 110 Å². The number of allylic oxidation sites excluding steroid dienone is 1. The summed E-state index contributed by atoms with van der Waals surface area (Å²) in [4.78, 5) is 0. The van der Waals surface area contributed by atoms with E-state index in [0.717, 1.165) is 69.6 Å². The Morgan fingerprint density at radius 1 is 0.636 bits per heavy atom. The van der Waals surface area contributed by atoms with Gasteiger partial charge in [-0.15, -0.1) is 6.58 Å². The molecule has 0 N–H and O–H groups in total. The fourth-order valence-corrected chi connectivity index (χ4v) is 7.88. The quantitative estimate of drug-likeness (QED) is 0.110.